The molecule has 2 N–H and O–H groups in total. The average Bonchev–Trinajstić information content (AvgIpc) is 2.90. The van der Waals surface area contributed by atoms with Crippen LogP contribution in [0.3, 0.4) is 0 Å². The number of hydrogen-bond acceptors (Lipinski definition) is 3. The second-order valence-electron chi connectivity index (χ2n) is 5.73. The number of morpholine rings is 1. The highest BCUT2D eigenvalue weighted by molar-refractivity contribution is 5.21. The normalized spacial score (nSPS) is 28.4. The summed E-state index contributed by atoms with van der Waals surface area (Å²) in [5.74, 6) is -1.06. The minimum atomic E-state index is -0.532. The number of ether oxygens (including phenoxy) is 1. The van der Waals surface area contributed by atoms with Crippen LogP contribution in [0.2, 0.25) is 0 Å². The molecule has 2 aliphatic heterocycles. The van der Waals surface area contributed by atoms with Gasteiger partial charge in [-0.1, -0.05) is 6.07 Å². The van der Waals surface area contributed by atoms with Gasteiger partial charge in [0.2, 0.25) is 0 Å². The maximum Gasteiger partial charge on any atom is 0.129 e. The third-order valence-corrected chi connectivity index (χ3v) is 4.40. The van der Waals surface area contributed by atoms with Crippen molar-refractivity contribution in [2.75, 3.05) is 19.7 Å². The molecule has 0 saturated carbocycles. The lowest BCUT2D eigenvalue weighted by Crippen LogP contribution is -2.53. The third kappa shape index (κ3) is 2.71. The average molecular weight is 282 g/mol. The Morgan fingerprint density at radius 2 is 2.10 bits per heavy atom. The Balaban J connectivity index is 1.66. The lowest BCUT2D eigenvalue weighted by Gasteiger charge is -2.37. The standard InChI is InChI=1S/C15H20F2N2O/c16-12-4-1-5-13(17)11(12)7-14(18)15-8-19-6-2-3-10(19)9-20-15/h1,4-5,10,14-15H,2-3,6-9,18H2. The molecule has 2 aliphatic rings. The first-order chi connectivity index (χ1) is 9.65. The van der Waals surface area contributed by atoms with Gasteiger partial charge >= 0.3 is 0 Å². The molecule has 0 aromatic heterocycles. The topological polar surface area (TPSA) is 38.5 Å². The summed E-state index contributed by atoms with van der Waals surface area (Å²) in [7, 11) is 0. The van der Waals surface area contributed by atoms with Gasteiger partial charge in [-0.05, 0) is 37.9 Å². The van der Waals surface area contributed by atoms with Gasteiger partial charge in [-0.3, -0.25) is 4.90 Å². The molecule has 3 rings (SSSR count). The van der Waals surface area contributed by atoms with Crippen LogP contribution in [-0.4, -0.2) is 42.8 Å². The molecule has 2 heterocycles. The summed E-state index contributed by atoms with van der Waals surface area (Å²) in [6.07, 6.45) is 2.38. The smallest absolute Gasteiger partial charge is 0.129 e. The van der Waals surface area contributed by atoms with E-state index >= 15 is 0 Å². The van der Waals surface area contributed by atoms with Crippen LogP contribution in [0.1, 0.15) is 18.4 Å². The summed E-state index contributed by atoms with van der Waals surface area (Å²) in [6, 6.07) is 4.02. The molecule has 1 aromatic carbocycles. The Kier molecular flexibility index (Phi) is 4.01. The van der Waals surface area contributed by atoms with Crippen molar-refractivity contribution < 1.29 is 13.5 Å². The Hall–Kier alpha value is -1.04. The highest BCUT2D eigenvalue weighted by Crippen LogP contribution is 2.24. The molecule has 0 bridgehead atoms. The molecule has 0 radical (unpaired) electrons. The van der Waals surface area contributed by atoms with Crippen LogP contribution in [0.4, 0.5) is 8.78 Å². The van der Waals surface area contributed by atoms with Gasteiger partial charge in [-0.25, -0.2) is 8.78 Å². The quantitative estimate of drug-likeness (QED) is 0.917. The number of hydrogen-bond donors (Lipinski definition) is 1. The molecule has 0 aliphatic carbocycles. The van der Waals surface area contributed by atoms with E-state index in [1.165, 1.54) is 31.0 Å². The zero-order chi connectivity index (χ0) is 14.1. The fourth-order valence-electron chi connectivity index (χ4n) is 3.20. The minimum absolute atomic E-state index is 0.0622. The molecule has 3 nitrogen and oxygen atoms in total. The Morgan fingerprint density at radius 3 is 2.85 bits per heavy atom. The Bertz CT molecular complexity index is 463. The van der Waals surface area contributed by atoms with E-state index in [-0.39, 0.29) is 24.1 Å². The van der Waals surface area contributed by atoms with Gasteiger partial charge in [-0.2, -0.15) is 0 Å². The molecule has 3 atom stereocenters. The summed E-state index contributed by atoms with van der Waals surface area (Å²) in [5, 5.41) is 0. The number of rotatable bonds is 3. The monoisotopic (exact) mass is 282 g/mol. The van der Waals surface area contributed by atoms with Crippen LogP contribution in [-0.2, 0) is 11.2 Å². The predicted octanol–water partition coefficient (Wildman–Crippen LogP) is 1.70. The predicted molar refractivity (Wildman–Crippen MR) is 72.4 cm³/mol. The molecular formula is C15H20F2N2O. The Morgan fingerprint density at radius 1 is 1.35 bits per heavy atom. The van der Waals surface area contributed by atoms with E-state index in [0.29, 0.717) is 12.6 Å². The SMILES string of the molecule is NC(Cc1c(F)cccc1F)C1CN2CCCC2CO1. The molecule has 1 aromatic rings. The van der Waals surface area contributed by atoms with E-state index < -0.39 is 11.6 Å². The van der Waals surface area contributed by atoms with Crippen molar-refractivity contribution in [3.8, 4) is 0 Å². The van der Waals surface area contributed by atoms with Crippen LogP contribution in [0.15, 0.2) is 18.2 Å². The van der Waals surface area contributed by atoms with Gasteiger partial charge in [0.05, 0.1) is 12.7 Å². The first kappa shape index (κ1) is 13.9. The van der Waals surface area contributed by atoms with Gasteiger partial charge in [0.1, 0.15) is 11.6 Å². The fourth-order valence-corrected chi connectivity index (χ4v) is 3.20. The second kappa shape index (κ2) is 5.76. The van der Waals surface area contributed by atoms with E-state index in [1.54, 1.807) is 0 Å². The molecular weight excluding hydrogens is 262 g/mol. The molecule has 3 unspecified atom stereocenters. The van der Waals surface area contributed by atoms with Crippen molar-refractivity contribution in [2.45, 2.75) is 37.5 Å². The lowest BCUT2D eigenvalue weighted by molar-refractivity contribution is -0.0591. The molecule has 2 fully saturated rings. The van der Waals surface area contributed by atoms with E-state index in [9.17, 15) is 8.78 Å². The second-order valence-corrected chi connectivity index (χ2v) is 5.73. The number of fused-ring (bicyclic) bond motifs is 1. The molecule has 110 valence electrons. The van der Waals surface area contributed by atoms with Crippen LogP contribution >= 0.6 is 0 Å². The van der Waals surface area contributed by atoms with Crippen molar-refractivity contribution >= 4 is 0 Å². The van der Waals surface area contributed by atoms with Crippen molar-refractivity contribution in [2.24, 2.45) is 5.73 Å². The maximum absolute atomic E-state index is 13.6. The summed E-state index contributed by atoms with van der Waals surface area (Å²) in [5.41, 5.74) is 6.18. The van der Waals surface area contributed by atoms with E-state index in [1.807, 2.05) is 0 Å². The summed E-state index contributed by atoms with van der Waals surface area (Å²) < 4.78 is 33.1. The third-order valence-electron chi connectivity index (χ3n) is 4.40. The van der Waals surface area contributed by atoms with Gasteiger partial charge in [0.25, 0.3) is 0 Å². The van der Waals surface area contributed by atoms with Crippen molar-refractivity contribution in [3.63, 3.8) is 0 Å². The van der Waals surface area contributed by atoms with Crippen LogP contribution in [0.5, 0.6) is 0 Å². The molecule has 5 heteroatoms. The first-order valence-corrected chi connectivity index (χ1v) is 7.19. The van der Waals surface area contributed by atoms with Crippen LogP contribution in [0, 0.1) is 11.6 Å². The molecule has 20 heavy (non-hydrogen) atoms. The lowest BCUT2D eigenvalue weighted by atomic mass is 9.99. The molecule has 0 spiro atoms. The number of nitrogens with zero attached hydrogens (tertiary/aromatic N) is 1. The number of halogens is 2. The highest BCUT2D eigenvalue weighted by atomic mass is 19.1. The van der Waals surface area contributed by atoms with Gasteiger partial charge < -0.3 is 10.5 Å². The zero-order valence-corrected chi connectivity index (χ0v) is 11.4. The van der Waals surface area contributed by atoms with Gasteiger partial charge in [0.15, 0.2) is 0 Å². The Labute approximate surface area is 117 Å². The van der Waals surface area contributed by atoms with Gasteiger partial charge in [-0.15, -0.1) is 0 Å². The summed E-state index contributed by atoms with van der Waals surface area (Å²) >= 11 is 0. The zero-order valence-electron chi connectivity index (χ0n) is 11.4. The van der Waals surface area contributed by atoms with E-state index in [0.717, 1.165) is 13.1 Å². The van der Waals surface area contributed by atoms with Crippen molar-refractivity contribution in [1.29, 1.82) is 0 Å². The summed E-state index contributed by atoms with van der Waals surface area (Å²) in [4.78, 5) is 2.38. The van der Waals surface area contributed by atoms with Crippen molar-refractivity contribution in [3.05, 3.63) is 35.4 Å². The number of benzene rings is 1. The van der Waals surface area contributed by atoms with E-state index in [2.05, 4.69) is 4.90 Å². The summed E-state index contributed by atoms with van der Waals surface area (Å²) in [6.45, 7) is 2.52. The van der Waals surface area contributed by atoms with Gasteiger partial charge in [0, 0.05) is 24.2 Å². The van der Waals surface area contributed by atoms with E-state index in [4.69, 9.17) is 10.5 Å². The van der Waals surface area contributed by atoms with Crippen LogP contribution in [0.25, 0.3) is 0 Å². The maximum atomic E-state index is 13.6. The fraction of sp³-hybridized carbons (Fsp3) is 0.600. The highest BCUT2D eigenvalue weighted by Gasteiger charge is 2.35. The minimum Gasteiger partial charge on any atom is -0.374 e. The first-order valence-electron chi connectivity index (χ1n) is 7.19. The number of nitrogens with two attached hydrogens (primary N) is 1. The molecule has 2 saturated heterocycles. The molecule has 0 amide bonds. The van der Waals surface area contributed by atoms with Crippen LogP contribution < -0.4 is 5.73 Å². The van der Waals surface area contributed by atoms with Crippen molar-refractivity contribution in [1.82, 2.24) is 4.90 Å². The largest absolute Gasteiger partial charge is 0.374 e.